The number of benzene rings is 2. The van der Waals surface area contributed by atoms with Crippen LogP contribution in [0, 0.1) is 3.57 Å². The molecule has 1 aromatic heterocycles. The molecule has 0 N–H and O–H groups in total. The van der Waals surface area contributed by atoms with Gasteiger partial charge in [0.05, 0.1) is 51.8 Å². The normalized spacial score (nSPS) is 14.7. The molecule has 0 fully saturated rings. The highest BCUT2D eigenvalue weighted by molar-refractivity contribution is 14.1. The van der Waals surface area contributed by atoms with E-state index in [-0.39, 0.29) is 23.8 Å². The van der Waals surface area contributed by atoms with Crippen molar-refractivity contribution in [3.63, 3.8) is 0 Å². The van der Waals surface area contributed by atoms with Gasteiger partial charge in [-0.15, -0.1) is 0 Å². The van der Waals surface area contributed by atoms with Crippen molar-refractivity contribution in [2.45, 2.75) is 46.8 Å². The zero-order valence-corrected chi connectivity index (χ0v) is 28.0. The monoisotopic (exact) mass is 718 g/mol. The van der Waals surface area contributed by atoms with Gasteiger partial charge >= 0.3 is 5.97 Å². The molecular weight excluding hydrogens is 683 g/mol. The lowest BCUT2D eigenvalue weighted by molar-refractivity contribution is -0.139. The summed E-state index contributed by atoms with van der Waals surface area (Å²) in [6.07, 6.45) is 3.40. The van der Waals surface area contributed by atoms with Crippen LogP contribution in [0.3, 0.4) is 0 Å². The molecule has 0 spiro atoms. The van der Waals surface area contributed by atoms with E-state index in [2.05, 4.69) is 34.2 Å². The van der Waals surface area contributed by atoms with E-state index in [1.807, 2.05) is 39.0 Å². The van der Waals surface area contributed by atoms with Crippen LogP contribution in [0.15, 0.2) is 64.0 Å². The third kappa shape index (κ3) is 6.98. The summed E-state index contributed by atoms with van der Waals surface area (Å²) in [5.41, 5.74) is 1.91. The minimum atomic E-state index is -0.784. The minimum Gasteiger partial charge on any atom is -0.493 e. The van der Waals surface area contributed by atoms with Crippen molar-refractivity contribution in [1.29, 1.82) is 0 Å². The Morgan fingerprint density at radius 2 is 1.91 bits per heavy atom. The number of ether oxygens (including phenoxy) is 5. The van der Waals surface area contributed by atoms with E-state index >= 15 is 0 Å². The Hall–Kier alpha value is -3.58. The first kappa shape index (κ1) is 32.3. The fourth-order valence-corrected chi connectivity index (χ4v) is 6.51. The van der Waals surface area contributed by atoms with Crippen LogP contribution >= 0.6 is 33.9 Å². The minimum absolute atomic E-state index is 0.0661. The molecule has 0 saturated carbocycles. The summed E-state index contributed by atoms with van der Waals surface area (Å²) >= 11 is 3.44. The first-order chi connectivity index (χ1) is 20.6. The average Bonchev–Trinajstić information content (AvgIpc) is 3.26. The van der Waals surface area contributed by atoms with E-state index in [9.17, 15) is 9.59 Å². The largest absolute Gasteiger partial charge is 0.493 e. The second-order valence-corrected chi connectivity index (χ2v) is 11.9. The molecule has 2 aromatic carbocycles. The van der Waals surface area contributed by atoms with Gasteiger partial charge in [-0.05, 0) is 98.7 Å². The van der Waals surface area contributed by atoms with Crippen LogP contribution < -0.4 is 33.8 Å². The van der Waals surface area contributed by atoms with Crippen LogP contribution in [0.2, 0.25) is 0 Å². The molecule has 0 saturated heterocycles. The third-order valence-electron chi connectivity index (χ3n) is 6.36. The van der Waals surface area contributed by atoms with Crippen LogP contribution in [-0.2, 0) is 9.53 Å². The number of nitrogens with zero attached hydrogens (tertiary/aromatic N) is 2. The van der Waals surface area contributed by atoms with Gasteiger partial charge in [0.1, 0.15) is 6.61 Å². The fraction of sp³-hybridized carbons (Fsp3) is 0.344. The van der Waals surface area contributed by atoms with Gasteiger partial charge in [-0.25, -0.2) is 9.79 Å². The van der Waals surface area contributed by atoms with Crippen molar-refractivity contribution < 1.29 is 28.5 Å². The number of carbonyl (C=O) groups is 1. The van der Waals surface area contributed by atoms with Crippen molar-refractivity contribution in [2.75, 3.05) is 26.9 Å². The number of hydrogen-bond donors (Lipinski definition) is 0. The summed E-state index contributed by atoms with van der Waals surface area (Å²) in [5, 5.41) is 0. The average molecular weight is 719 g/mol. The molecule has 3 aromatic rings. The highest BCUT2D eigenvalue weighted by Gasteiger charge is 2.34. The highest BCUT2D eigenvalue weighted by atomic mass is 127. The number of rotatable bonds is 12. The Morgan fingerprint density at radius 1 is 1.14 bits per heavy atom. The van der Waals surface area contributed by atoms with Crippen LogP contribution in [0.4, 0.5) is 0 Å². The molecule has 11 heteroatoms. The number of hydrogen-bond acceptors (Lipinski definition) is 9. The quantitative estimate of drug-likeness (QED) is 0.145. The number of aromatic nitrogens is 1. The Kier molecular flexibility index (Phi) is 10.7. The topological polar surface area (TPSA) is 97.6 Å². The maximum Gasteiger partial charge on any atom is 0.338 e. The number of fused-ring (bicyclic) bond motifs is 1. The molecule has 0 aliphatic carbocycles. The zero-order valence-electron chi connectivity index (χ0n) is 25.1. The molecule has 0 unspecified atom stereocenters. The Morgan fingerprint density at radius 3 is 2.56 bits per heavy atom. The summed E-state index contributed by atoms with van der Waals surface area (Å²) in [6.45, 7) is 13.9. The van der Waals surface area contributed by atoms with Crippen molar-refractivity contribution in [3.05, 3.63) is 88.6 Å². The second kappa shape index (κ2) is 14.3. The van der Waals surface area contributed by atoms with Crippen molar-refractivity contribution in [2.24, 2.45) is 4.99 Å². The Balaban J connectivity index is 1.92. The highest BCUT2D eigenvalue weighted by Crippen LogP contribution is 2.37. The van der Waals surface area contributed by atoms with Gasteiger partial charge < -0.3 is 23.7 Å². The SMILES string of the molecule is C=CCOc1c(I)cc(/C=c2/sc3n(c2=O)[C@@H](c2ccc(OC(C)C)c(OC)c2)C(C(=O)OCC)=C(C)N=3)cc1OCC. The predicted molar refractivity (Wildman–Crippen MR) is 175 cm³/mol. The maximum absolute atomic E-state index is 14.1. The fourth-order valence-electron chi connectivity index (χ4n) is 4.68. The lowest BCUT2D eigenvalue weighted by atomic mass is 9.95. The molecule has 1 aliphatic rings. The number of esters is 1. The van der Waals surface area contributed by atoms with E-state index in [1.165, 1.54) is 11.3 Å². The van der Waals surface area contributed by atoms with E-state index < -0.39 is 12.0 Å². The maximum atomic E-state index is 14.1. The van der Waals surface area contributed by atoms with Crippen LogP contribution in [0.5, 0.6) is 23.0 Å². The molecule has 9 nitrogen and oxygen atoms in total. The van der Waals surface area contributed by atoms with E-state index in [4.69, 9.17) is 23.7 Å². The molecule has 228 valence electrons. The first-order valence-electron chi connectivity index (χ1n) is 13.9. The van der Waals surface area contributed by atoms with Crippen LogP contribution in [0.1, 0.15) is 51.8 Å². The van der Waals surface area contributed by atoms with Crippen LogP contribution in [0.25, 0.3) is 6.08 Å². The number of carbonyl (C=O) groups excluding carboxylic acids is 1. The number of allylic oxidation sites excluding steroid dienone is 1. The molecule has 0 bridgehead atoms. The molecule has 1 aliphatic heterocycles. The molecule has 1 atom stereocenters. The van der Waals surface area contributed by atoms with Gasteiger partial charge in [0.2, 0.25) is 0 Å². The Labute approximate surface area is 268 Å². The standard InChI is InChI=1S/C32H35IN2O7S/c1-8-13-41-29-22(33)14-20(15-25(29)39-9-2)16-26-30(36)35-28(21-11-12-23(42-18(4)5)24(17-21)38-7)27(31(37)40-10-3)19(6)34-32(35)43-26/h8,11-12,14-18,28H,1,9-10,13H2,2-7H3/b26-16+/t28-/m0/s1. The summed E-state index contributed by atoms with van der Waals surface area (Å²) in [5.74, 6) is 1.71. The number of thiazole rings is 1. The third-order valence-corrected chi connectivity index (χ3v) is 8.14. The van der Waals surface area contributed by atoms with E-state index in [1.54, 1.807) is 49.8 Å². The van der Waals surface area contributed by atoms with E-state index in [0.29, 0.717) is 56.8 Å². The molecule has 4 rings (SSSR count). The summed E-state index contributed by atoms with van der Waals surface area (Å²) in [6, 6.07) is 8.39. The first-order valence-corrected chi connectivity index (χ1v) is 15.8. The number of halogens is 1. The lowest BCUT2D eigenvalue weighted by Crippen LogP contribution is -2.40. The molecule has 0 amide bonds. The van der Waals surface area contributed by atoms with Crippen molar-refractivity contribution in [3.8, 4) is 23.0 Å². The zero-order chi connectivity index (χ0) is 31.3. The molecule has 0 radical (unpaired) electrons. The van der Waals surface area contributed by atoms with Gasteiger partial charge in [-0.2, -0.15) is 0 Å². The van der Waals surface area contributed by atoms with Gasteiger partial charge in [0, 0.05) is 0 Å². The van der Waals surface area contributed by atoms with Crippen molar-refractivity contribution in [1.82, 2.24) is 4.57 Å². The van der Waals surface area contributed by atoms with Crippen LogP contribution in [-0.4, -0.2) is 43.6 Å². The van der Waals surface area contributed by atoms with E-state index in [0.717, 1.165) is 9.13 Å². The number of methoxy groups -OCH3 is 1. The van der Waals surface area contributed by atoms with Crippen molar-refractivity contribution >= 4 is 46.0 Å². The Bertz CT molecular complexity index is 1740. The predicted octanol–water partition coefficient (Wildman–Crippen LogP) is 5.16. The van der Waals surface area contributed by atoms with Gasteiger partial charge in [0.25, 0.3) is 5.56 Å². The summed E-state index contributed by atoms with van der Waals surface area (Å²) in [4.78, 5) is 32.5. The van der Waals surface area contributed by atoms with Gasteiger partial charge in [0.15, 0.2) is 27.8 Å². The summed E-state index contributed by atoms with van der Waals surface area (Å²) in [7, 11) is 1.55. The summed E-state index contributed by atoms with van der Waals surface area (Å²) < 4.78 is 31.5. The van der Waals surface area contributed by atoms with Gasteiger partial charge in [-0.1, -0.05) is 30.1 Å². The molecular formula is C32H35IN2O7S. The smallest absolute Gasteiger partial charge is 0.338 e. The lowest BCUT2D eigenvalue weighted by Gasteiger charge is -2.25. The van der Waals surface area contributed by atoms with Gasteiger partial charge in [-0.3, -0.25) is 9.36 Å². The second-order valence-electron chi connectivity index (χ2n) is 9.74. The molecule has 2 heterocycles. The molecule has 43 heavy (non-hydrogen) atoms.